The van der Waals surface area contributed by atoms with Crippen LogP contribution in [0.4, 0.5) is 19.3 Å². The zero-order valence-corrected chi connectivity index (χ0v) is 15.1. The lowest BCUT2D eigenvalue weighted by atomic mass is 9.92. The maximum absolute atomic E-state index is 13.1. The van der Waals surface area contributed by atoms with Crippen molar-refractivity contribution in [2.24, 2.45) is 0 Å². The summed E-state index contributed by atoms with van der Waals surface area (Å²) in [6.45, 7) is 1.01. The number of carbonyl (C=O) groups excluding carboxylic acids is 3. The second-order valence-electron chi connectivity index (χ2n) is 6.69. The van der Waals surface area contributed by atoms with E-state index in [2.05, 4.69) is 20.1 Å². The number of benzene rings is 2. The largest absolute Gasteiger partial charge is 0.586 e. The average Bonchev–Trinajstić information content (AvgIpc) is 3.09. The smallest absolute Gasteiger partial charge is 0.395 e. The van der Waals surface area contributed by atoms with Crippen LogP contribution in [0.2, 0.25) is 0 Å². The zero-order chi connectivity index (χ0) is 20.8. The number of hydrogen-bond donors (Lipinski definition) is 2. The Bertz CT molecular complexity index is 1010. The van der Waals surface area contributed by atoms with E-state index in [-0.39, 0.29) is 17.2 Å². The molecule has 150 valence electrons. The Balaban J connectivity index is 1.46. The molecule has 0 radical (unpaired) electrons. The van der Waals surface area contributed by atoms with E-state index in [1.807, 2.05) is 0 Å². The third kappa shape index (κ3) is 3.33. The molecule has 0 spiro atoms. The molecule has 2 aliphatic heterocycles. The van der Waals surface area contributed by atoms with Crippen molar-refractivity contribution >= 4 is 23.5 Å². The number of rotatable bonds is 4. The molecule has 1 atom stereocenters. The van der Waals surface area contributed by atoms with Crippen LogP contribution in [0.5, 0.6) is 11.5 Å². The number of amides is 4. The number of ether oxygens (including phenoxy) is 2. The van der Waals surface area contributed by atoms with Gasteiger partial charge in [0.05, 0.1) is 0 Å². The van der Waals surface area contributed by atoms with Gasteiger partial charge in [-0.15, -0.1) is 8.78 Å². The molecule has 2 aliphatic rings. The van der Waals surface area contributed by atoms with Crippen molar-refractivity contribution in [2.45, 2.75) is 18.8 Å². The van der Waals surface area contributed by atoms with E-state index in [1.54, 1.807) is 37.3 Å². The molecule has 0 unspecified atom stereocenters. The fraction of sp³-hybridized carbons (Fsp3) is 0.211. The molecule has 10 heteroatoms. The third-order valence-corrected chi connectivity index (χ3v) is 4.61. The predicted molar refractivity (Wildman–Crippen MR) is 95.3 cm³/mol. The molecule has 1 saturated heterocycles. The molecule has 4 amide bonds. The van der Waals surface area contributed by atoms with Gasteiger partial charge in [0.25, 0.3) is 5.91 Å². The van der Waals surface area contributed by atoms with E-state index in [0.29, 0.717) is 5.56 Å². The van der Waals surface area contributed by atoms with Crippen LogP contribution < -0.4 is 20.1 Å². The summed E-state index contributed by atoms with van der Waals surface area (Å²) in [5.41, 5.74) is -0.561. The van der Waals surface area contributed by atoms with Crippen molar-refractivity contribution in [1.29, 1.82) is 0 Å². The average molecular weight is 403 g/mol. The molecule has 0 bridgehead atoms. The summed E-state index contributed by atoms with van der Waals surface area (Å²) < 4.78 is 34.8. The fourth-order valence-corrected chi connectivity index (χ4v) is 3.18. The highest BCUT2D eigenvalue weighted by Gasteiger charge is 2.49. The molecule has 2 aromatic carbocycles. The van der Waals surface area contributed by atoms with Gasteiger partial charge in [0, 0.05) is 11.8 Å². The first-order valence-electron chi connectivity index (χ1n) is 8.57. The first-order chi connectivity index (χ1) is 13.7. The highest BCUT2D eigenvalue weighted by atomic mass is 19.3. The fourth-order valence-electron chi connectivity index (χ4n) is 3.18. The van der Waals surface area contributed by atoms with Crippen LogP contribution in [0.1, 0.15) is 12.5 Å². The first kappa shape index (κ1) is 18.7. The Morgan fingerprint density at radius 3 is 2.52 bits per heavy atom. The lowest BCUT2D eigenvalue weighted by molar-refractivity contribution is -0.286. The van der Waals surface area contributed by atoms with E-state index in [4.69, 9.17) is 0 Å². The summed E-state index contributed by atoms with van der Waals surface area (Å²) in [5.74, 6) is -1.66. The second kappa shape index (κ2) is 6.43. The van der Waals surface area contributed by atoms with E-state index < -0.39 is 36.2 Å². The summed E-state index contributed by atoms with van der Waals surface area (Å²) in [7, 11) is 0. The van der Waals surface area contributed by atoms with Crippen LogP contribution in [0.3, 0.4) is 0 Å². The summed E-state index contributed by atoms with van der Waals surface area (Å²) in [4.78, 5) is 38.2. The Kier molecular flexibility index (Phi) is 4.14. The minimum atomic E-state index is -3.77. The molecule has 2 heterocycles. The highest BCUT2D eigenvalue weighted by molar-refractivity contribution is 6.10. The maximum Gasteiger partial charge on any atom is 0.586 e. The van der Waals surface area contributed by atoms with Crippen LogP contribution in [0.25, 0.3) is 0 Å². The lowest BCUT2D eigenvalue weighted by Crippen LogP contribution is -2.42. The molecule has 8 nitrogen and oxygen atoms in total. The number of nitrogens with zero attached hydrogens (tertiary/aromatic N) is 1. The second-order valence-corrected chi connectivity index (χ2v) is 6.69. The zero-order valence-electron chi connectivity index (χ0n) is 15.1. The normalized spacial score (nSPS) is 21.8. The van der Waals surface area contributed by atoms with Gasteiger partial charge in [0.1, 0.15) is 12.1 Å². The standard InChI is InChI=1S/C19H15F2N3O5/c1-18(11-5-3-2-4-6-11)16(26)24(17(27)23-18)10-15(25)22-12-7-8-13-14(9-12)29-19(20,21)28-13/h2-9H,10H2,1H3,(H,22,25)(H,23,27)/t18-/m0/s1. The maximum atomic E-state index is 13.1. The Hall–Kier alpha value is -3.69. The van der Waals surface area contributed by atoms with E-state index in [1.165, 1.54) is 12.1 Å². The van der Waals surface area contributed by atoms with E-state index in [0.717, 1.165) is 11.0 Å². The molecular weight excluding hydrogens is 388 g/mol. The van der Waals surface area contributed by atoms with Gasteiger partial charge in [-0.2, -0.15) is 0 Å². The summed E-state index contributed by atoms with van der Waals surface area (Å²) in [6, 6.07) is 11.6. The number of imide groups is 1. The molecule has 0 aliphatic carbocycles. The monoisotopic (exact) mass is 403 g/mol. The van der Waals surface area contributed by atoms with Gasteiger partial charge in [0.15, 0.2) is 11.5 Å². The first-order valence-corrected chi connectivity index (χ1v) is 8.57. The molecule has 4 rings (SSSR count). The molecule has 1 fully saturated rings. The third-order valence-electron chi connectivity index (χ3n) is 4.61. The Morgan fingerprint density at radius 2 is 1.79 bits per heavy atom. The summed E-state index contributed by atoms with van der Waals surface area (Å²) in [5, 5.41) is 5.04. The number of anilines is 1. The Morgan fingerprint density at radius 1 is 1.10 bits per heavy atom. The number of hydrogen-bond acceptors (Lipinski definition) is 5. The molecule has 2 aromatic rings. The van der Waals surface area contributed by atoms with Gasteiger partial charge < -0.3 is 20.1 Å². The number of fused-ring (bicyclic) bond motifs is 1. The number of urea groups is 1. The van der Waals surface area contributed by atoms with Gasteiger partial charge in [-0.1, -0.05) is 30.3 Å². The van der Waals surface area contributed by atoms with Gasteiger partial charge in [0.2, 0.25) is 5.91 Å². The van der Waals surface area contributed by atoms with E-state index >= 15 is 0 Å². The Labute approximate surface area is 163 Å². The number of carbonyl (C=O) groups is 3. The van der Waals surface area contributed by atoms with Crippen LogP contribution in [0.15, 0.2) is 48.5 Å². The summed E-state index contributed by atoms with van der Waals surface area (Å²) in [6.07, 6.45) is -3.77. The van der Waals surface area contributed by atoms with Crippen LogP contribution in [0, 0.1) is 0 Å². The minimum absolute atomic E-state index is 0.146. The highest BCUT2D eigenvalue weighted by Crippen LogP contribution is 2.42. The number of alkyl halides is 2. The van der Waals surface area contributed by atoms with Crippen molar-refractivity contribution in [1.82, 2.24) is 10.2 Å². The topological polar surface area (TPSA) is 97.0 Å². The minimum Gasteiger partial charge on any atom is -0.395 e. The van der Waals surface area contributed by atoms with E-state index in [9.17, 15) is 23.2 Å². The van der Waals surface area contributed by atoms with Crippen LogP contribution in [-0.2, 0) is 15.1 Å². The molecule has 2 N–H and O–H groups in total. The van der Waals surface area contributed by atoms with Crippen molar-refractivity contribution in [3.05, 3.63) is 54.1 Å². The van der Waals surface area contributed by atoms with Crippen molar-refractivity contribution in [3.63, 3.8) is 0 Å². The van der Waals surface area contributed by atoms with Crippen molar-refractivity contribution < 1.29 is 32.6 Å². The molecule has 29 heavy (non-hydrogen) atoms. The predicted octanol–water partition coefficient (Wildman–Crippen LogP) is 2.41. The van der Waals surface area contributed by atoms with Gasteiger partial charge >= 0.3 is 12.3 Å². The number of nitrogens with one attached hydrogen (secondary N) is 2. The quantitative estimate of drug-likeness (QED) is 0.765. The van der Waals surface area contributed by atoms with Gasteiger partial charge in [-0.25, -0.2) is 4.79 Å². The molecule has 0 saturated carbocycles. The van der Waals surface area contributed by atoms with Crippen LogP contribution in [-0.4, -0.2) is 35.6 Å². The SMILES string of the molecule is C[C@@]1(c2ccccc2)NC(=O)N(CC(=O)Nc2ccc3c(c2)OC(F)(F)O3)C1=O. The summed E-state index contributed by atoms with van der Waals surface area (Å²) >= 11 is 0. The van der Waals surface area contributed by atoms with Crippen molar-refractivity contribution in [2.75, 3.05) is 11.9 Å². The number of halogens is 2. The molecule has 0 aromatic heterocycles. The van der Waals surface area contributed by atoms with Crippen LogP contribution >= 0.6 is 0 Å². The lowest BCUT2D eigenvalue weighted by Gasteiger charge is -2.22. The van der Waals surface area contributed by atoms with Gasteiger partial charge in [-0.3, -0.25) is 14.5 Å². The molecular formula is C19H15F2N3O5. The van der Waals surface area contributed by atoms with Gasteiger partial charge in [-0.05, 0) is 24.6 Å². The van der Waals surface area contributed by atoms with Crippen molar-refractivity contribution in [3.8, 4) is 11.5 Å².